The molecule has 202 valence electrons. The van der Waals surface area contributed by atoms with E-state index in [-0.39, 0.29) is 26.2 Å². The quantitative estimate of drug-likeness (QED) is 0.139. The monoisotopic (exact) mass is 535 g/mol. The van der Waals surface area contributed by atoms with Crippen LogP contribution < -0.4 is 0 Å². The van der Waals surface area contributed by atoms with Crippen LogP contribution in [0.1, 0.15) is 48.4 Å². The smallest absolute Gasteiger partial charge is 0.171 e. The summed E-state index contributed by atoms with van der Waals surface area (Å²) < 4.78 is 15.8. The largest absolute Gasteiger partial charge is 0.305 e. The topological polar surface area (TPSA) is 20.3 Å². The van der Waals surface area contributed by atoms with Gasteiger partial charge in [0, 0.05) is 0 Å². The molecular formula is C36H42NOP. The van der Waals surface area contributed by atoms with Gasteiger partial charge >= 0.3 is 0 Å². The normalized spacial score (nSPS) is 19.8. The molecule has 0 amide bonds. The van der Waals surface area contributed by atoms with E-state index >= 15 is 0 Å². The van der Waals surface area contributed by atoms with Crippen LogP contribution >= 0.6 is 7.29 Å². The number of benzene rings is 4. The van der Waals surface area contributed by atoms with E-state index in [1.165, 1.54) is 11.1 Å². The van der Waals surface area contributed by atoms with E-state index in [9.17, 15) is 4.57 Å². The molecule has 1 aliphatic heterocycles. The van der Waals surface area contributed by atoms with Crippen LogP contribution in [0.2, 0.25) is 0 Å². The summed E-state index contributed by atoms with van der Waals surface area (Å²) in [5, 5.41) is 0. The van der Waals surface area contributed by atoms with E-state index in [1.807, 2.05) is 91.6 Å². The van der Waals surface area contributed by atoms with Crippen LogP contribution in [0.25, 0.3) is 12.2 Å². The predicted molar refractivity (Wildman–Crippen MR) is 173 cm³/mol. The van der Waals surface area contributed by atoms with Gasteiger partial charge in [-0.3, -0.25) is 4.67 Å². The molecule has 0 radical (unpaired) electrons. The molecule has 0 bridgehead atoms. The van der Waals surface area contributed by atoms with Gasteiger partial charge in [-0.25, -0.2) is 0 Å². The molecule has 0 fully saturated rings. The van der Waals surface area contributed by atoms with Crippen LogP contribution in [0, 0.1) is 0 Å². The van der Waals surface area contributed by atoms with E-state index in [4.69, 9.17) is 0 Å². The second-order valence-corrected chi connectivity index (χ2v) is 12.4. The minimum atomic E-state index is -2.58. The van der Waals surface area contributed by atoms with E-state index in [2.05, 4.69) is 85.0 Å². The van der Waals surface area contributed by atoms with Crippen molar-refractivity contribution in [3.63, 3.8) is 0 Å². The summed E-state index contributed by atoms with van der Waals surface area (Å²) in [4.78, 5) is 0. The SMILES string of the molecule is C.C.C(/C=C/c1ccccc1)=C\c1ccccc1.CN(C)P1(=O)[C@@H](c2ccccc2)C=C[C@H]1c1ccccc1. The molecule has 3 atom stereocenters. The Hall–Kier alpha value is -3.71. The Labute approximate surface area is 236 Å². The fourth-order valence-corrected chi connectivity index (χ4v) is 7.77. The van der Waals surface area contributed by atoms with Gasteiger partial charge in [0.25, 0.3) is 0 Å². The Morgan fingerprint density at radius 1 is 0.538 bits per heavy atom. The summed E-state index contributed by atoms with van der Waals surface area (Å²) in [6.07, 6.45) is 12.5. The lowest BCUT2D eigenvalue weighted by atomic mass is 10.1. The molecule has 0 N–H and O–H groups in total. The van der Waals surface area contributed by atoms with Gasteiger partial charge in [0.05, 0.1) is 11.3 Å². The Morgan fingerprint density at radius 3 is 1.15 bits per heavy atom. The van der Waals surface area contributed by atoms with E-state index in [0.717, 1.165) is 11.1 Å². The molecule has 1 unspecified atom stereocenters. The molecule has 4 aromatic rings. The molecular weight excluding hydrogens is 493 g/mol. The van der Waals surface area contributed by atoms with Crippen LogP contribution in [0.5, 0.6) is 0 Å². The van der Waals surface area contributed by atoms with Gasteiger partial charge in [0.15, 0.2) is 7.29 Å². The Kier molecular flexibility index (Phi) is 12.6. The van der Waals surface area contributed by atoms with Crippen molar-refractivity contribution < 1.29 is 4.57 Å². The van der Waals surface area contributed by atoms with Gasteiger partial charge < -0.3 is 4.57 Å². The third-order valence-corrected chi connectivity index (χ3v) is 10.3. The molecule has 1 aliphatic rings. The van der Waals surface area contributed by atoms with Gasteiger partial charge in [-0.1, -0.05) is 173 Å². The highest BCUT2D eigenvalue weighted by atomic mass is 31.2. The highest BCUT2D eigenvalue weighted by Gasteiger charge is 2.45. The van der Waals surface area contributed by atoms with Gasteiger partial charge in [0.2, 0.25) is 0 Å². The number of hydrogen-bond acceptors (Lipinski definition) is 1. The van der Waals surface area contributed by atoms with Crippen molar-refractivity contribution in [3.8, 4) is 0 Å². The lowest BCUT2D eigenvalue weighted by molar-refractivity contribution is 0.505. The molecule has 1 heterocycles. The van der Waals surface area contributed by atoms with Crippen LogP contribution in [-0.2, 0) is 4.57 Å². The number of allylic oxidation sites excluding steroid dienone is 4. The van der Waals surface area contributed by atoms with Crippen LogP contribution in [-0.4, -0.2) is 18.8 Å². The highest BCUT2D eigenvalue weighted by Crippen LogP contribution is 2.74. The Bertz CT molecular complexity index is 1260. The zero-order valence-electron chi connectivity index (χ0n) is 21.5. The first-order valence-electron chi connectivity index (χ1n) is 12.6. The molecule has 4 aromatic carbocycles. The first kappa shape index (κ1) is 31.5. The first-order chi connectivity index (χ1) is 18.1. The van der Waals surface area contributed by atoms with Crippen LogP contribution in [0.3, 0.4) is 0 Å². The van der Waals surface area contributed by atoms with Crippen molar-refractivity contribution in [2.45, 2.75) is 26.2 Å². The molecule has 2 nitrogen and oxygen atoms in total. The van der Waals surface area contributed by atoms with Gasteiger partial charge in [-0.05, 0) is 36.3 Å². The predicted octanol–water partition coefficient (Wildman–Crippen LogP) is 10.6. The van der Waals surface area contributed by atoms with Crippen molar-refractivity contribution >= 4 is 19.4 Å². The average Bonchev–Trinajstić information content (AvgIpc) is 3.32. The number of rotatable bonds is 6. The van der Waals surface area contributed by atoms with Crippen LogP contribution in [0.4, 0.5) is 0 Å². The van der Waals surface area contributed by atoms with E-state index in [0.29, 0.717) is 0 Å². The molecule has 0 saturated carbocycles. The lowest BCUT2D eigenvalue weighted by Crippen LogP contribution is -2.15. The second-order valence-electron chi connectivity index (χ2n) is 9.16. The van der Waals surface area contributed by atoms with Crippen molar-refractivity contribution in [1.29, 1.82) is 0 Å². The third kappa shape index (κ3) is 8.14. The Balaban J connectivity index is 0.000000269. The van der Waals surface area contributed by atoms with E-state index < -0.39 is 7.29 Å². The van der Waals surface area contributed by atoms with Gasteiger partial charge in [0.1, 0.15) is 0 Å². The summed E-state index contributed by atoms with van der Waals surface area (Å²) in [7, 11) is 1.28. The molecule has 39 heavy (non-hydrogen) atoms. The first-order valence-corrected chi connectivity index (χ1v) is 14.4. The van der Waals surface area contributed by atoms with E-state index in [1.54, 1.807) is 0 Å². The minimum Gasteiger partial charge on any atom is -0.305 e. The maximum Gasteiger partial charge on any atom is 0.171 e. The molecule has 0 aromatic heterocycles. The fourth-order valence-electron chi connectivity index (χ4n) is 4.54. The molecule has 5 rings (SSSR count). The Morgan fingerprint density at radius 2 is 0.846 bits per heavy atom. The van der Waals surface area contributed by atoms with Crippen molar-refractivity contribution in [2.75, 3.05) is 14.1 Å². The lowest BCUT2D eigenvalue weighted by Gasteiger charge is -2.32. The number of hydrogen-bond donors (Lipinski definition) is 0. The zero-order valence-corrected chi connectivity index (χ0v) is 22.4. The average molecular weight is 536 g/mol. The molecule has 0 spiro atoms. The number of nitrogens with zero attached hydrogens (tertiary/aromatic N) is 1. The third-order valence-electron chi connectivity index (χ3n) is 6.47. The van der Waals surface area contributed by atoms with Crippen molar-refractivity contribution in [1.82, 2.24) is 4.67 Å². The molecule has 0 saturated heterocycles. The summed E-state index contributed by atoms with van der Waals surface area (Å²) in [5.74, 6) is 0. The second kappa shape index (κ2) is 15.6. The summed E-state index contributed by atoms with van der Waals surface area (Å²) in [5.41, 5.74) is 4.65. The highest BCUT2D eigenvalue weighted by molar-refractivity contribution is 7.63. The van der Waals surface area contributed by atoms with Gasteiger partial charge in [-0.15, -0.1) is 0 Å². The maximum absolute atomic E-state index is 13.8. The summed E-state index contributed by atoms with van der Waals surface area (Å²) in [6, 6.07) is 40.9. The summed E-state index contributed by atoms with van der Waals surface area (Å²) in [6.45, 7) is 0. The molecule has 3 heteroatoms. The van der Waals surface area contributed by atoms with Crippen molar-refractivity contribution in [2.24, 2.45) is 0 Å². The maximum atomic E-state index is 13.8. The van der Waals surface area contributed by atoms with Crippen molar-refractivity contribution in [3.05, 3.63) is 168 Å². The molecule has 0 aliphatic carbocycles. The fraction of sp³-hybridized carbons (Fsp3) is 0.167. The standard InChI is InChI=1S/C18H20NOP.C16H14.2CH4/c1-19(2)21(20)17(15-9-5-3-6-10-15)13-14-18(21)16-11-7-4-8-12-16;1-3-9-15(10-4-1)13-7-8-14-16-11-5-2-6-12-16;;/h3-14,17-18H,1-2H3;1-14H;2*1H4/b;13-7+,14-8+;;/t17-,18+,21?;;;. The minimum absolute atomic E-state index is 0. The zero-order chi connectivity index (χ0) is 25.9. The summed E-state index contributed by atoms with van der Waals surface area (Å²) >= 11 is 0. The van der Waals surface area contributed by atoms with Crippen LogP contribution in [0.15, 0.2) is 146 Å². The van der Waals surface area contributed by atoms with Gasteiger partial charge in [-0.2, -0.15) is 0 Å².